The van der Waals surface area contributed by atoms with Crippen LogP contribution < -0.4 is 0 Å². The highest BCUT2D eigenvalue weighted by molar-refractivity contribution is 5.75. The molecule has 1 aromatic carbocycles. The third-order valence-electron chi connectivity index (χ3n) is 4.36. The lowest BCUT2D eigenvalue weighted by Gasteiger charge is -2.37. The van der Waals surface area contributed by atoms with Crippen molar-refractivity contribution in [3.8, 4) is 0 Å². The summed E-state index contributed by atoms with van der Waals surface area (Å²) in [5, 5.41) is 0. The Bertz CT molecular complexity index is 519. The normalized spacial score (nSPS) is 33.3. The van der Waals surface area contributed by atoms with E-state index in [1.165, 1.54) is 0 Å². The topological polar surface area (TPSA) is 63.2 Å². The minimum atomic E-state index is -0.573. The van der Waals surface area contributed by atoms with Gasteiger partial charge in [0.1, 0.15) is 6.79 Å². The van der Waals surface area contributed by atoms with Crippen LogP contribution in [-0.4, -0.2) is 45.0 Å². The lowest BCUT2D eigenvalue weighted by Crippen LogP contribution is -2.50. The van der Waals surface area contributed by atoms with Crippen LogP contribution in [0.25, 0.3) is 0 Å². The molecule has 126 valence electrons. The van der Waals surface area contributed by atoms with Gasteiger partial charge in [-0.3, -0.25) is 4.79 Å². The van der Waals surface area contributed by atoms with Gasteiger partial charge < -0.3 is 23.7 Å². The molecule has 2 saturated heterocycles. The molecule has 6 nitrogen and oxygen atoms in total. The molecule has 0 amide bonds. The van der Waals surface area contributed by atoms with Gasteiger partial charge in [0.2, 0.25) is 0 Å². The van der Waals surface area contributed by atoms with E-state index in [4.69, 9.17) is 23.7 Å². The minimum Gasteiger partial charge on any atom is -0.456 e. The highest BCUT2D eigenvalue weighted by atomic mass is 16.7. The molecule has 0 radical (unpaired) electrons. The fourth-order valence-electron chi connectivity index (χ4n) is 3.14. The van der Waals surface area contributed by atoms with Crippen LogP contribution in [0.4, 0.5) is 0 Å². The number of rotatable bonds is 6. The average Bonchev–Trinajstić information content (AvgIpc) is 2.88. The van der Waals surface area contributed by atoms with Crippen LogP contribution in [0.5, 0.6) is 0 Å². The second-order valence-corrected chi connectivity index (χ2v) is 5.88. The molecular formula is C17H22O6. The van der Waals surface area contributed by atoms with Crippen LogP contribution in [-0.2, 0) is 35.1 Å². The van der Waals surface area contributed by atoms with Crippen molar-refractivity contribution < 1.29 is 28.5 Å². The maximum absolute atomic E-state index is 12.0. The molecule has 2 heterocycles. The Balaban J connectivity index is 1.65. The summed E-state index contributed by atoms with van der Waals surface area (Å²) in [6.07, 6.45) is -1.26. The van der Waals surface area contributed by atoms with E-state index < -0.39 is 12.4 Å². The van der Waals surface area contributed by atoms with Crippen LogP contribution in [0.1, 0.15) is 12.5 Å². The van der Waals surface area contributed by atoms with Crippen molar-refractivity contribution in [3.63, 3.8) is 0 Å². The van der Waals surface area contributed by atoms with Gasteiger partial charge in [-0.25, -0.2) is 0 Å². The number of methoxy groups -OCH3 is 1. The zero-order valence-electron chi connectivity index (χ0n) is 13.3. The number of hydrogen-bond donors (Lipinski definition) is 0. The molecule has 2 aliphatic heterocycles. The van der Waals surface area contributed by atoms with Gasteiger partial charge in [0.15, 0.2) is 12.4 Å². The molecule has 0 bridgehead atoms. The number of carbonyl (C=O) groups excluding carboxylic acids is 1. The Morgan fingerprint density at radius 2 is 2.00 bits per heavy atom. The predicted molar refractivity (Wildman–Crippen MR) is 80.3 cm³/mol. The fraction of sp³-hybridized carbons (Fsp3) is 0.588. The number of benzene rings is 1. The van der Waals surface area contributed by atoms with E-state index >= 15 is 0 Å². The molecule has 0 spiro atoms. The highest BCUT2D eigenvalue weighted by Gasteiger charge is 2.53. The van der Waals surface area contributed by atoms with E-state index in [1.54, 1.807) is 7.11 Å². The van der Waals surface area contributed by atoms with Crippen molar-refractivity contribution >= 4 is 5.97 Å². The summed E-state index contributed by atoms with van der Waals surface area (Å²) in [5.41, 5.74) is 1.04. The summed E-state index contributed by atoms with van der Waals surface area (Å²) in [4.78, 5) is 12.0. The quantitative estimate of drug-likeness (QED) is 0.587. The lowest BCUT2D eigenvalue weighted by molar-refractivity contribution is -0.266. The second-order valence-electron chi connectivity index (χ2n) is 5.88. The molecule has 0 aliphatic carbocycles. The molecule has 0 aromatic heterocycles. The molecule has 2 fully saturated rings. The summed E-state index contributed by atoms with van der Waals surface area (Å²) in [6.45, 7) is 2.78. The van der Waals surface area contributed by atoms with Gasteiger partial charge >= 0.3 is 5.97 Å². The van der Waals surface area contributed by atoms with Crippen molar-refractivity contribution in [2.75, 3.05) is 20.5 Å². The van der Waals surface area contributed by atoms with E-state index in [-0.39, 0.29) is 30.7 Å². The van der Waals surface area contributed by atoms with E-state index in [0.717, 1.165) is 5.56 Å². The number of carbonyl (C=O) groups is 1. The predicted octanol–water partition coefficient (Wildman–Crippen LogP) is 1.73. The van der Waals surface area contributed by atoms with E-state index in [9.17, 15) is 4.79 Å². The molecule has 0 N–H and O–H groups in total. The largest absolute Gasteiger partial charge is 0.456 e. The first-order valence-corrected chi connectivity index (χ1v) is 7.79. The van der Waals surface area contributed by atoms with Gasteiger partial charge in [0.05, 0.1) is 25.2 Å². The van der Waals surface area contributed by atoms with E-state index in [1.807, 2.05) is 37.3 Å². The fourth-order valence-corrected chi connectivity index (χ4v) is 3.14. The maximum Gasteiger partial charge on any atom is 0.309 e. The van der Waals surface area contributed by atoms with Gasteiger partial charge in [0.25, 0.3) is 0 Å². The van der Waals surface area contributed by atoms with Crippen LogP contribution in [0.2, 0.25) is 0 Å². The molecule has 6 heteroatoms. The van der Waals surface area contributed by atoms with Gasteiger partial charge in [0, 0.05) is 13.0 Å². The first-order valence-electron chi connectivity index (χ1n) is 7.79. The zero-order valence-corrected chi connectivity index (χ0v) is 13.3. The molecule has 23 heavy (non-hydrogen) atoms. The molecule has 0 saturated carbocycles. The van der Waals surface area contributed by atoms with Gasteiger partial charge in [-0.1, -0.05) is 37.3 Å². The zero-order chi connectivity index (χ0) is 16.2. The Hall–Kier alpha value is -1.47. The molecule has 2 aliphatic rings. The standard InChI is InChI=1S/C17H22O6/c1-11-14-13(22-10-19-2)9-21-17(15(14)23-16(11)18)20-8-12-6-4-3-5-7-12/h3-7,11,13-15,17H,8-10H2,1-2H3/t11-,13-,14+,15+,17-/m0/s1. The smallest absolute Gasteiger partial charge is 0.309 e. The van der Waals surface area contributed by atoms with Crippen molar-refractivity contribution in [1.82, 2.24) is 0 Å². The summed E-state index contributed by atoms with van der Waals surface area (Å²) in [5.74, 6) is -0.564. The van der Waals surface area contributed by atoms with Crippen molar-refractivity contribution in [2.45, 2.75) is 32.0 Å². The number of fused-ring (bicyclic) bond motifs is 1. The van der Waals surface area contributed by atoms with Gasteiger partial charge in [-0.05, 0) is 5.56 Å². The number of ether oxygens (including phenoxy) is 5. The monoisotopic (exact) mass is 322 g/mol. The maximum atomic E-state index is 12.0. The molecule has 3 rings (SSSR count). The second kappa shape index (κ2) is 7.40. The number of hydrogen-bond acceptors (Lipinski definition) is 6. The number of esters is 1. The Labute approximate surface area is 135 Å². The van der Waals surface area contributed by atoms with Crippen LogP contribution >= 0.6 is 0 Å². The van der Waals surface area contributed by atoms with E-state index in [0.29, 0.717) is 13.2 Å². The molecule has 5 atom stereocenters. The summed E-state index contributed by atoms with van der Waals surface area (Å²) in [6, 6.07) is 9.82. The summed E-state index contributed by atoms with van der Waals surface area (Å²) >= 11 is 0. The molecule has 1 aromatic rings. The molecule has 0 unspecified atom stereocenters. The van der Waals surface area contributed by atoms with Crippen LogP contribution in [0.15, 0.2) is 30.3 Å². The average molecular weight is 322 g/mol. The van der Waals surface area contributed by atoms with Crippen molar-refractivity contribution in [1.29, 1.82) is 0 Å². The van der Waals surface area contributed by atoms with Crippen molar-refractivity contribution in [3.05, 3.63) is 35.9 Å². The Morgan fingerprint density at radius 3 is 2.74 bits per heavy atom. The van der Waals surface area contributed by atoms with Crippen LogP contribution in [0, 0.1) is 11.8 Å². The Morgan fingerprint density at radius 1 is 1.22 bits per heavy atom. The minimum absolute atomic E-state index is 0.0906. The Kier molecular flexibility index (Phi) is 5.27. The summed E-state index contributed by atoms with van der Waals surface area (Å²) < 4.78 is 27.7. The SMILES string of the molecule is COCO[C@H]1CO[C@H](OCc2ccccc2)[C@@H]2OC(=O)[C@@H](C)[C@@H]21. The first kappa shape index (κ1) is 16.4. The van der Waals surface area contributed by atoms with E-state index in [2.05, 4.69) is 0 Å². The molecular weight excluding hydrogens is 300 g/mol. The first-order chi connectivity index (χ1) is 11.2. The third-order valence-corrected chi connectivity index (χ3v) is 4.36. The van der Waals surface area contributed by atoms with Gasteiger partial charge in [-0.15, -0.1) is 0 Å². The third kappa shape index (κ3) is 3.55. The highest BCUT2D eigenvalue weighted by Crippen LogP contribution is 2.38. The van der Waals surface area contributed by atoms with Crippen molar-refractivity contribution in [2.24, 2.45) is 11.8 Å². The van der Waals surface area contributed by atoms with Crippen LogP contribution in [0.3, 0.4) is 0 Å². The lowest BCUT2D eigenvalue weighted by atomic mass is 9.85. The van der Waals surface area contributed by atoms with Gasteiger partial charge in [-0.2, -0.15) is 0 Å². The summed E-state index contributed by atoms with van der Waals surface area (Å²) in [7, 11) is 1.56.